The van der Waals surface area contributed by atoms with E-state index in [0.717, 1.165) is 0 Å². The van der Waals surface area contributed by atoms with Crippen LogP contribution in [0.15, 0.2) is 36.7 Å². The molecule has 0 spiro atoms. The molecule has 21 heavy (non-hydrogen) atoms. The van der Waals surface area contributed by atoms with Crippen LogP contribution in [-0.2, 0) is 0 Å². The molecule has 0 aliphatic rings. The molecule has 2 aromatic rings. The van der Waals surface area contributed by atoms with E-state index in [4.69, 9.17) is 14.2 Å². The fraction of sp³-hybridized carbons (Fsp3) is 0.200. The van der Waals surface area contributed by atoms with Gasteiger partial charge in [0.05, 0.1) is 32.6 Å². The van der Waals surface area contributed by atoms with Gasteiger partial charge in [-0.2, -0.15) is 0 Å². The number of aromatic nitrogens is 1. The number of hydrogen-bond acceptors (Lipinski definition) is 5. The van der Waals surface area contributed by atoms with E-state index < -0.39 is 0 Å². The summed E-state index contributed by atoms with van der Waals surface area (Å²) in [4.78, 5) is 16.1. The fourth-order valence-corrected chi connectivity index (χ4v) is 1.89. The lowest BCUT2D eigenvalue weighted by Gasteiger charge is -2.16. The number of methoxy groups -OCH3 is 3. The van der Waals surface area contributed by atoms with E-state index in [0.29, 0.717) is 28.5 Å². The zero-order valence-electron chi connectivity index (χ0n) is 12.0. The Balaban J connectivity index is 2.34. The predicted octanol–water partition coefficient (Wildman–Crippen LogP) is 2.36. The van der Waals surface area contributed by atoms with Gasteiger partial charge in [-0.05, 0) is 24.3 Å². The Kier molecular flexibility index (Phi) is 4.61. The van der Waals surface area contributed by atoms with Crippen molar-refractivity contribution in [1.82, 2.24) is 4.98 Å². The van der Waals surface area contributed by atoms with Crippen molar-refractivity contribution in [2.45, 2.75) is 0 Å². The van der Waals surface area contributed by atoms with Gasteiger partial charge in [-0.25, -0.2) is 0 Å². The Labute approximate surface area is 122 Å². The summed E-state index contributed by atoms with van der Waals surface area (Å²) < 4.78 is 15.8. The number of hydrogen-bond donors (Lipinski definition) is 1. The van der Waals surface area contributed by atoms with Crippen molar-refractivity contribution in [3.05, 3.63) is 42.2 Å². The maximum atomic E-state index is 12.2. The summed E-state index contributed by atoms with van der Waals surface area (Å²) in [5.74, 6) is 1.06. The number of rotatable bonds is 5. The third-order valence-electron chi connectivity index (χ3n) is 2.88. The van der Waals surface area contributed by atoms with Crippen molar-refractivity contribution in [1.29, 1.82) is 0 Å². The van der Waals surface area contributed by atoms with Gasteiger partial charge in [0.2, 0.25) is 5.75 Å². The molecular weight excluding hydrogens is 272 g/mol. The Morgan fingerprint density at radius 2 is 1.81 bits per heavy atom. The molecule has 2 rings (SSSR count). The van der Waals surface area contributed by atoms with Gasteiger partial charge in [0.15, 0.2) is 11.5 Å². The Morgan fingerprint density at radius 1 is 1.05 bits per heavy atom. The topological polar surface area (TPSA) is 69.7 Å². The van der Waals surface area contributed by atoms with Crippen molar-refractivity contribution in [2.24, 2.45) is 0 Å². The zero-order chi connectivity index (χ0) is 15.2. The van der Waals surface area contributed by atoms with Crippen LogP contribution >= 0.6 is 0 Å². The number of ether oxygens (including phenoxy) is 3. The first-order valence-corrected chi connectivity index (χ1v) is 6.21. The molecule has 0 atom stereocenters. The van der Waals surface area contributed by atoms with Crippen LogP contribution in [0.3, 0.4) is 0 Å². The van der Waals surface area contributed by atoms with Crippen LogP contribution in [0.5, 0.6) is 17.2 Å². The molecule has 1 aromatic carbocycles. The van der Waals surface area contributed by atoms with Crippen LogP contribution in [0.2, 0.25) is 0 Å². The number of benzene rings is 1. The first kappa shape index (κ1) is 14.6. The molecule has 110 valence electrons. The van der Waals surface area contributed by atoms with Gasteiger partial charge in [-0.3, -0.25) is 9.78 Å². The first-order valence-electron chi connectivity index (χ1n) is 6.21. The predicted molar refractivity (Wildman–Crippen MR) is 78.3 cm³/mol. The lowest BCUT2D eigenvalue weighted by Crippen LogP contribution is -2.13. The molecule has 6 heteroatoms. The monoisotopic (exact) mass is 288 g/mol. The largest absolute Gasteiger partial charge is 0.493 e. The molecular formula is C15H16N2O4. The highest BCUT2D eigenvalue weighted by molar-refractivity contribution is 6.05. The second-order valence-corrected chi connectivity index (χ2v) is 4.08. The second-order valence-electron chi connectivity index (χ2n) is 4.08. The summed E-state index contributed by atoms with van der Waals surface area (Å²) >= 11 is 0. The number of amides is 1. The van der Waals surface area contributed by atoms with Crippen molar-refractivity contribution in [3.63, 3.8) is 0 Å². The van der Waals surface area contributed by atoms with Crippen molar-refractivity contribution in [3.8, 4) is 17.2 Å². The summed E-state index contributed by atoms with van der Waals surface area (Å²) in [5, 5.41) is 2.76. The van der Waals surface area contributed by atoms with Gasteiger partial charge >= 0.3 is 0 Å². The number of carbonyl (C=O) groups excluding carboxylic acids is 1. The summed E-state index contributed by atoms with van der Waals surface area (Å²) in [6, 6.07) is 6.75. The van der Waals surface area contributed by atoms with Crippen molar-refractivity contribution in [2.75, 3.05) is 26.6 Å². The quantitative estimate of drug-likeness (QED) is 0.914. The van der Waals surface area contributed by atoms with Crippen molar-refractivity contribution >= 4 is 11.6 Å². The molecule has 0 fully saturated rings. The van der Waals surface area contributed by atoms with Crippen LogP contribution in [0.4, 0.5) is 5.69 Å². The average molecular weight is 288 g/mol. The van der Waals surface area contributed by atoms with E-state index in [9.17, 15) is 4.79 Å². The smallest absolute Gasteiger partial charge is 0.257 e. The molecule has 6 nitrogen and oxygen atoms in total. The summed E-state index contributed by atoms with van der Waals surface area (Å²) in [6.07, 6.45) is 3.09. The van der Waals surface area contributed by atoms with Gasteiger partial charge in [0.1, 0.15) is 0 Å². The SMILES string of the molecule is COc1ccc(NC(=O)c2cccnc2)c(OC)c1OC. The molecule has 1 aromatic heterocycles. The average Bonchev–Trinajstić information content (AvgIpc) is 2.54. The maximum Gasteiger partial charge on any atom is 0.257 e. The Morgan fingerprint density at radius 3 is 2.38 bits per heavy atom. The molecule has 1 heterocycles. The minimum absolute atomic E-state index is 0.284. The molecule has 0 aliphatic carbocycles. The fourth-order valence-electron chi connectivity index (χ4n) is 1.89. The molecule has 1 amide bonds. The standard InChI is InChI=1S/C15H16N2O4/c1-19-12-7-6-11(13(20-2)14(12)21-3)17-15(18)10-5-4-8-16-9-10/h4-9H,1-3H3,(H,17,18). The maximum absolute atomic E-state index is 12.2. The highest BCUT2D eigenvalue weighted by atomic mass is 16.5. The van der Waals surface area contributed by atoms with Gasteiger partial charge in [0.25, 0.3) is 5.91 Å². The Bertz CT molecular complexity index is 629. The lowest BCUT2D eigenvalue weighted by atomic mass is 10.2. The van der Waals surface area contributed by atoms with E-state index in [1.54, 1.807) is 30.5 Å². The van der Waals surface area contributed by atoms with Gasteiger partial charge in [-0.1, -0.05) is 0 Å². The highest BCUT2D eigenvalue weighted by Crippen LogP contribution is 2.42. The van der Waals surface area contributed by atoms with E-state index in [2.05, 4.69) is 10.3 Å². The van der Waals surface area contributed by atoms with E-state index in [-0.39, 0.29) is 5.91 Å². The molecule has 0 unspecified atom stereocenters. The molecule has 1 N–H and O–H groups in total. The summed E-state index contributed by atoms with van der Waals surface area (Å²) in [6.45, 7) is 0. The van der Waals surface area contributed by atoms with Crippen molar-refractivity contribution < 1.29 is 19.0 Å². The lowest BCUT2D eigenvalue weighted by molar-refractivity contribution is 0.102. The number of nitrogens with zero attached hydrogens (tertiary/aromatic N) is 1. The molecule has 0 radical (unpaired) electrons. The van der Waals surface area contributed by atoms with Crippen LogP contribution in [0, 0.1) is 0 Å². The molecule has 0 bridgehead atoms. The number of anilines is 1. The van der Waals surface area contributed by atoms with E-state index in [1.807, 2.05) is 0 Å². The Hall–Kier alpha value is -2.76. The summed E-state index contributed by atoms with van der Waals surface area (Å²) in [5.41, 5.74) is 0.943. The third kappa shape index (κ3) is 3.05. The van der Waals surface area contributed by atoms with E-state index >= 15 is 0 Å². The normalized spacial score (nSPS) is 9.86. The molecule has 0 aliphatic heterocycles. The van der Waals surface area contributed by atoms with Crippen LogP contribution in [-0.4, -0.2) is 32.2 Å². The number of pyridine rings is 1. The minimum Gasteiger partial charge on any atom is -0.493 e. The molecule has 0 saturated heterocycles. The van der Waals surface area contributed by atoms with Crippen LogP contribution in [0.1, 0.15) is 10.4 Å². The molecule has 0 saturated carbocycles. The zero-order valence-corrected chi connectivity index (χ0v) is 12.0. The van der Waals surface area contributed by atoms with Crippen LogP contribution < -0.4 is 19.5 Å². The third-order valence-corrected chi connectivity index (χ3v) is 2.88. The van der Waals surface area contributed by atoms with Gasteiger partial charge in [0, 0.05) is 12.4 Å². The summed E-state index contributed by atoms with van der Waals surface area (Å²) in [7, 11) is 4.54. The minimum atomic E-state index is -0.284. The highest BCUT2D eigenvalue weighted by Gasteiger charge is 2.17. The number of nitrogens with one attached hydrogen (secondary N) is 1. The van der Waals surface area contributed by atoms with Gasteiger partial charge < -0.3 is 19.5 Å². The number of carbonyl (C=O) groups is 1. The van der Waals surface area contributed by atoms with Gasteiger partial charge in [-0.15, -0.1) is 0 Å². The van der Waals surface area contributed by atoms with E-state index in [1.165, 1.54) is 27.5 Å². The first-order chi connectivity index (χ1) is 10.2. The second kappa shape index (κ2) is 6.60. The van der Waals surface area contributed by atoms with Crippen LogP contribution in [0.25, 0.3) is 0 Å².